The third-order valence-corrected chi connectivity index (χ3v) is 3.15. The van der Waals surface area contributed by atoms with Crippen LogP contribution in [0.3, 0.4) is 0 Å². The normalized spacial score (nSPS) is 11.0. The van der Waals surface area contributed by atoms with Gasteiger partial charge in [-0.25, -0.2) is 9.48 Å². The number of hydrogen-bond acceptors (Lipinski definition) is 6. The fourth-order valence-corrected chi connectivity index (χ4v) is 2.01. The Balaban J connectivity index is 2.26. The van der Waals surface area contributed by atoms with Crippen molar-refractivity contribution < 1.29 is 4.42 Å². The minimum atomic E-state index is -0.542. The van der Waals surface area contributed by atoms with Crippen LogP contribution in [0.2, 0.25) is 0 Å². The summed E-state index contributed by atoms with van der Waals surface area (Å²) in [7, 11) is 3.47. The van der Waals surface area contributed by atoms with E-state index in [1.165, 1.54) is 4.68 Å². The second-order valence-corrected chi connectivity index (χ2v) is 5.01. The number of nitrogens with two attached hydrogens (primary N) is 1. The Morgan fingerprint density at radius 3 is 2.52 bits per heavy atom. The highest BCUT2D eigenvalue weighted by atomic mass is 16.4. The quantitative estimate of drug-likeness (QED) is 0.764. The van der Waals surface area contributed by atoms with Crippen LogP contribution < -0.4 is 16.3 Å². The molecule has 0 unspecified atom stereocenters. The molecule has 1 aromatic carbocycles. The van der Waals surface area contributed by atoms with Gasteiger partial charge in [0.2, 0.25) is 0 Å². The Morgan fingerprint density at radius 2 is 1.90 bits per heavy atom. The number of aromatic nitrogens is 3. The van der Waals surface area contributed by atoms with E-state index in [1.54, 1.807) is 19.0 Å². The molecule has 3 rings (SSSR count). The van der Waals surface area contributed by atoms with E-state index in [0.717, 1.165) is 11.3 Å². The van der Waals surface area contributed by atoms with Crippen LogP contribution >= 0.6 is 0 Å². The molecule has 0 radical (unpaired) electrons. The molecule has 3 aromatic rings. The number of rotatable bonds is 2. The fraction of sp³-hybridized carbons (Fsp3) is 0.214. The van der Waals surface area contributed by atoms with Crippen molar-refractivity contribution in [2.45, 2.75) is 6.92 Å². The number of aryl methyl sites for hydroxylation is 1. The van der Waals surface area contributed by atoms with Crippen molar-refractivity contribution in [2.24, 2.45) is 0 Å². The third kappa shape index (κ3) is 2.12. The zero-order valence-corrected chi connectivity index (χ0v) is 12.0. The van der Waals surface area contributed by atoms with Crippen LogP contribution in [-0.4, -0.2) is 28.9 Å². The van der Waals surface area contributed by atoms with Gasteiger partial charge in [-0.05, 0) is 19.1 Å². The number of nitrogen functional groups attached to an aromatic ring is 1. The molecule has 108 valence electrons. The monoisotopic (exact) mass is 285 g/mol. The molecule has 0 fully saturated rings. The molecular weight excluding hydrogens is 270 g/mol. The van der Waals surface area contributed by atoms with E-state index in [0.29, 0.717) is 0 Å². The molecule has 2 aromatic heterocycles. The average molecular weight is 285 g/mol. The lowest BCUT2D eigenvalue weighted by Gasteiger charge is -2.06. The maximum absolute atomic E-state index is 12.1. The molecular formula is C14H15N5O2. The van der Waals surface area contributed by atoms with Crippen molar-refractivity contribution in [1.82, 2.24) is 14.8 Å². The van der Waals surface area contributed by atoms with Gasteiger partial charge in [-0.1, -0.05) is 17.7 Å². The third-order valence-electron chi connectivity index (χ3n) is 3.15. The molecule has 21 heavy (non-hydrogen) atoms. The maximum atomic E-state index is 12.1. The molecule has 0 aliphatic rings. The van der Waals surface area contributed by atoms with E-state index >= 15 is 0 Å². The lowest BCUT2D eigenvalue weighted by molar-refractivity contribution is 0.502. The summed E-state index contributed by atoms with van der Waals surface area (Å²) in [6.07, 6.45) is 0. The zero-order chi connectivity index (χ0) is 15.1. The van der Waals surface area contributed by atoms with Gasteiger partial charge in [-0.15, -0.1) is 5.10 Å². The van der Waals surface area contributed by atoms with Gasteiger partial charge in [0.15, 0.2) is 5.65 Å². The van der Waals surface area contributed by atoms with Crippen LogP contribution in [0, 0.1) is 6.92 Å². The molecule has 0 amide bonds. The number of nitrogens with zero attached hydrogens (tertiary/aromatic N) is 4. The van der Waals surface area contributed by atoms with Crippen LogP contribution in [0.25, 0.3) is 16.7 Å². The van der Waals surface area contributed by atoms with E-state index in [4.69, 9.17) is 10.2 Å². The lowest BCUT2D eigenvalue weighted by atomic mass is 10.2. The summed E-state index contributed by atoms with van der Waals surface area (Å²) in [6, 6.07) is 7.85. The van der Waals surface area contributed by atoms with Crippen LogP contribution in [0.5, 0.6) is 0 Å². The molecule has 0 aliphatic heterocycles. The van der Waals surface area contributed by atoms with Crippen molar-refractivity contribution in [2.75, 3.05) is 24.7 Å². The maximum Gasteiger partial charge on any atom is 0.353 e. The SMILES string of the molecule is Cc1ccc(-n2nc3nc(N(C)C)oc(=O)c3c2N)cc1. The summed E-state index contributed by atoms with van der Waals surface area (Å²) in [6.45, 7) is 1.99. The Labute approximate surface area is 120 Å². The molecule has 2 N–H and O–H groups in total. The van der Waals surface area contributed by atoms with Crippen molar-refractivity contribution in [3.63, 3.8) is 0 Å². The molecule has 0 spiro atoms. The topological polar surface area (TPSA) is 90.2 Å². The van der Waals surface area contributed by atoms with E-state index in [2.05, 4.69) is 10.1 Å². The molecule has 0 aliphatic carbocycles. The number of hydrogen-bond donors (Lipinski definition) is 1. The molecule has 0 atom stereocenters. The van der Waals surface area contributed by atoms with E-state index in [9.17, 15) is 4.79 Å². The minimum absolute atomic E-state index is 0.195. The summed E-state index contributed by atoms with van der Waals surface area (Å²) in [5.41, 5.74) is 7.64. The fourth-order valence-electron chi connectivity index (χ4n) is 2.01. The van der Waals surface area contributed by atoms with E-state index in [-0.39, 0.29) is 22.9 Å². The van der Waals surface area contributed by atoms with Gasteiger partial charge in [0.1, 0.15) is 11.2 Å². The van der Waals surface area contributed by atoms with Gasteiger partial charge in [-0.2, -0.15) is 4.98 Å². The Kier molecular flexibility index (Phi) is 2.90. The van der Waals surface area contributed by atoms with Crippen LogP contribution in [0.15, 0.2) is 33.5 Å². The smallest absolute Gasteiger partial charge is 0.353 e. The largest absolute Gasteiger partial charge is 0.388 e. The van der Waals surface area contributed by atoms with Crippen LogP contribution in [0.4, 0.5) is 11.8 Å². The lowest BCUT2D eigenvalue weighted by Crippen LogP contribution is -2.14. The predicted molar refractivity (Wildman–Crippen MR) is 80.9 cm³/mol. The number of benzene rings is 1. The van der Waals surface area contributed by atoms with Crippen molar-refractivity contribution in [1.29, 1.82) is 0 Å². The molecule has 7 nitrogen and oxygen atoms in total. The summed E-state index contributed by atoms with van der Waals surface area (Å²) in [5.74, 6) is 0.223. The first-order valence-corrected chi connectivity index (χ1v) is 6.41. The van der Waals surface area contributed by atoms with E-state index < -0.39 is 5.63 Å². The second kappa shape index (κ2) is 4.62. The summed E-state index contributed by atoms with van der Waals surface area (Å²) >= 11 is 0. The van der Waals surface area contributed by atoms with Crippen molar-refractivity contribution >= 4 is 22.9 Å². The molecule has 0 saturated heterocycles. The highest BCUT2D eigenvalue weighted by Crippen LogP contribution is 2.21. The van der Waals surface area contributed by atoms with Gasteiger partial charge in [0.25, 0.3) is 0 Å². The first-order valence-electron chi connectivity index (χ1n) is 6.41. The van der Waals surface area contributed by atoms with Gasteiger partial charge in [0, 0.05) is 14.1 Å². The minimum Gasteiger partial charge on any atom is -0.388 e. The summed E-state index contributed by atoms with van der Waals surface area (Å²) in [4.78, 5) is 17.9. The number of fused-ring (bicyclic) bond motifs is 1. The summed E-state index contributed by atoms with van der Waals surface area (Å²) < 4.78 is 6.62. The molecule has 2 heterocycles. The van der Waals surface area contributed by atoms with Crippen molar-refractivity contribution in [3.05, 3.63) is 40.2 Å². The Bertz CT molecular complexity index is 861. The first kappa shape index (κ1) is 13.2. The summed E-state index contributed by atoms with van der Waals surface area (Å²) in [5, 5.41) is 4.51. The van der Waals surface area contributed by atoms with Crippen molar-refractivity contribution in [3.8, 4) is 5.69 Å². The van der Waals surface area contributed by atoms with Gasteiger partial charge < -0.3 is 15.1 Å². The highest BCUT2D eigenvalue weighted by Gasteiger charge is 2.17. The second-order valence-electron chi connectivity index (χ2n) is 5.01. The predicted octanol–water partition coefficient (Wildman–Crippen LogP) is 1.33. The molecule has 0 saturated carbocycles. The average Bonchev–Trinajstić information content (AvgIpc) is 2.77. The zero-order valence-electron chi connectivity index (χ0n) is 12.0. The highest BCUT2D eigenvalue weighted by molar-refractivity contribution is 5.86. The van der Waals surface area contributed by atoms with Crippen LogP contribution in [-0.2, 0) is 0 Å². The Hall–Kier alpha value is -2.83. The van der Waals surface area contributed by atoms with Gasteiger partial charge in [0.05, 0.1) is 5.69 Å². The molecule has 0 bridgehead atoms. The van der Waals surface area contributed by atoms with Gasteiger partial charge in [-0.3, -0.25) is 0 Å². The van der Waals surface area contributed by atoms with Gasteiger partial charge >= 0.3 is 11.6 Å². The van der Waals surface area contributed by atoms with E-state index in [1.807, 2.05) is 31.2 Å². The van der Waals surface area contributed by atoms with Crippen LogP contribution in [0.1, 0.15) is 5.56 Å². The number of anilines is 2. The first-order chi connectivity index (χ1) is 9.97. The Morgan fingerprint density at radius 1 is 1.24 bits per heavy atom. The standard InChI is InChI=1S/C14H15N5O2/c1-8-4-6-9(7-5-8)19-11(15)10-12(17-19)16-14(18(2)3)21-13(10)20/h4-7H,15H2,1-3H3. The molecule has 7 heteroatoms.